The highest BCUT2D eigenvalue weighted by Crippen LogP contribution is 2.08. The lowest BCUT2D eigenvalue weighted by molar-refractivity contribution is 0.251. The van der Waals surface area contributed by atoms with Gasteiger partial charge in [0.1, 0.15) is 0 Å². The van der Waals surface area contributed by atoms with Gasteiger partial charge in [-0.25, -0.2) is 4.79 Å². The van der Waals surface area contributed by atoms with Crippen LogP contribution in [0.25, 0.3) is 0 Å². The van der Waals surface area contributed by atoms with E-state index in [1.165, 1.54) is 0 Å². The third kappa shape index (κ3) is 4.08. The molecular weight excluding hydrogens is 240 g/mol. The van der Waals surface area contributed by atoms with E-state index in [-0.39, 0.29) is 6.03 Å². The van der Waals surface area contributed by atoms with Crippen molar-refractivity contribution in [3.63, 3.8) is 0 Å². The minimum absolute atomic E-state index is 0.258. The average molecular weight is 256 g/mol. The highest BCUT2D eigenvalue weighted by Gasteiger charge is 2.01. The van der Waals surface area contributed by atoms with Crippen molar-refractivity contribution in [2.24, 2.45) is 5.73 Å². The molecule has 0 saturated heterocycles. The van der Waals surface area contributed by atoms with Gasteiger partial charge in [-0.1, -0.05) is 18.2 Å². The summed E-state index contributed by atoms with van der Waals surface area (Å²) in [5.74, 6) is 0. The first-order valence-electron chi connectivity index (χ1n) is 6.01. The zero-order chi connectivity index (χ0) is 13.5. The summed E-state index contributed by atoms with van der Waals surface area (Å²) in [5, 5.41) is 5.48. The molecule has 2 rings (SSSR count). The number of aromatic nitrogens is 1. The molecule has 5 nitrogen and oxygen atoms in total. The SMILES string of the molecule is NCc1ccc(NC(=O)NCc2ccccn2)cc1. The topological polar surface area (TPSA) is 80.0 Å². The van der Waals surface area contributed by atoms with E-state index in [1.54, 1.807) is 6.20 Å². The first-order chi connectivity index (χ1) is 9.28. The van der Waals surface area contributed by atoms with Crippen molar-refractivity contribution < 1.29 is 4.79 Å². The average Bonchev–Trinajstić information content (AvgIpc) is 2.47. The molecule has 0 aliphatic carbocycles. The van der Waals surface area contributed by atoms with Gasteiger partial charge in [-0.2, -0.15) is 0 Å². The molecule has 1 aromatic carbocycles. The molecule has 98 valence electrons. The number of nitrogens with two attached hydrogens (primary N) is 1. The largest absolute Gasteiger partial charge is 0.332 e. The van der Waals surface area contributed by atoms with Gasteiger partial charge < -0.3 is 16.4 Å². The van der Waals surface area contributed by atoms with E-state index in [0.29, 0.717) is 13.1 Å². The van der Waals surface area contributed by atoms with Crippen molar-refractivity contribution in [2.75, 3.05) is 5.32 Å². The van der Waals surface area contributed by atoms with Crippen molar-refractivity contribution in [3.8, 4) is 0 Å². The van der Waals surface area contributed by atoms with Crippen LogP contribution in [0.15, 0.2) is 48.7 Å². The van der Waals surface area contributed by atoms with Crippen LogP contribution in [0.5, 0.6) is 0 Å². The van der Waals surface area contributed by atoms with Gasteiger partial charge in [0.05, 0.1) is 12.2 Å². The minimum atomic E-state index is -0.258. The monoisotopic (exact) mass is 256 g/mol. The van der Waals surface area contributed by atoms with Crippen LogP contribution in [-0.2, 0) is 13.1 Å². The smallest absolute Gasteiger partial charge is 0.319 e. The van der Waals surface area contributed by atoms with Crippen LogP contribution in [0, 0.1) is 0 Å². The van der Waals surface area contributed by atoms with Crippen molar-refractivity contribution in [2.45, 2.75) is 13.1 Å². The molecule has 19 heavy (non-hydrogen) atoms. The highest BCUT2D eigenvalue weighted by molar-refractivity contribution is 5.89. The molecule has 1 heterocycles. The first-order valence-corrected chi connectivity index (χ1v) is 6.01. The molecule has 0 unspecified atom stereocenters. The lowest BCUT2D eigenvalue weighted by Crippen LogP contribution is -2.28. The molecule has 2 aromatic rings. The summed E-state index contributed by atoms with van der Waals surface area (Å²) in [6, 6.07) is 12.7. The number of anilines is 1. The summed E-state index contributed by atoms with van der Waals surface area (Å²) in [5.41, 5.74) is 8.08. The van der Waals surface area contributed by atoms with Crippen LogP contribution >= 0.6 is 0 Å². The number of carbonyl (C=O) groups is 1. The van der Waals surface area contributed by atoms with Crippen LogP contribution in [-0.4, -0.2) is 11.0 Å². The second-order valence-electron chi connectivity index (χ2n) is 4.03. The van der Waals surface area contributed by atoms with Crippen molar-refractivity contribution in [3.05, 3.63) is 59.9 Å². The Morgan fingerprint density at radius 2 is 1.95 bits per heavy atom. The van der Waals surface area contributed by atoms with Gasteiger partial charge >= 0.3 is 6.03 Å². The number of urea groups is 1. The number of hydrogen-bond donors (Lipinski definition) is 3. The number of benzene rings is 1. The van der Waals surface area contributed by atoms with Crippen LogP contribution in [0.4, 0.5) is 10.5 Å². The van der Waals surface area contributed by atoms with Gasteiger partial charge in [-0.15, -0.1) is 0 Å². The van der Waals surface area contributed by atoms with E-state index in [9.17, 15) is 4.79 Å². The van der Waals surface area contributed by atoms with Crippen molar-refractivity contribution in [1.82, 2.24) is 10.3 Å². The lowest BCUT2D eigenvalue weighted by atomic mass is 10.2. The van der Waals surface area contributed by atoms with Crippen LogP contribution < -0.4 is 16.4 Å². The molecule has 2 amide bonds. The maximum Gasteiger partial charge on any atom is 0.319 e. The molecule has 0 radical (unpaired) electrons. The zero-order valence-corrected chi connectivity index (χ0v) is 10.5. The summed E-state index contributed by atoms with van der Waals surface area (Å²) < 4.78 is 0. The Balaban J connectivity index is 1.83. The summed E-state index contributed by atoms with van der Waals surface area (Å²) in [7, 11) is 0. The van der Waals surface area contributed by atoms with E-state index in [2.05, 4.69) is 15.6 Å². The molecule has 4 N–H and O–H groups in total. The van der Waals surface area contributed by atoms with E-state index in [0.717, 1.165) is 16.9 Å². The molecule has 0 bridgehead atoms. The first kappa shape index (κ1) is 13.0. The lowest BCUT2D eigenvalue weighted by Gasteiger charge is -2.07. The van der Waals surface area contributed by atoms with E-state index >= 15 is 0 Å². The summed E-state index contributed by atoms with van der Waals surface area (Å²) in [6.07, 6.45) is 1.69. The van der Waals surface area contributed by atoms with Gasteiger partial charge in [0, 0.05) is 18.4 Å². The number of amides is 2. The minimum Gasteiger partial charge on any atom is -0.332 e. The number of hydrogen-bond acceptors (Lipinski definition) is 3. The fourth-order valence-electron chi connectivity index (χ4n) is 1.57. The van der Waals surface area contributed by atoms with Crippen LogP contribution in [0.3, 0.4) is 0 Å². The number of nitrogens with zero attached hydrogens (tertiary/aromatic N) is 1. The zero-order valence-electron chi connectivity index (χ0n) is 10.5. The van der Waals surface area contributed by atoms with Crippen molar-refractivity contribution in [1.29, 1.82) is 0 Å². The summed E-state index contributed by atoms with van der Waals surface area (Å²) in [4.78, 5) is 15.8. The van der Waals surface area contributed by atoms with Gasteiger partial charge in [-0.3, -0.25) is 4.98 Å². The van der Waals surface area contributed by atoms with Crippen LogP contribution in [0.1, 0.15) is 11.3 Å². The van der Waals surface area contributed by atoms with Gasteiger partial charge in [0.25, 0.3) is 0 Å². The Labute approximate surface area is 111 Å². The van der Waals surface area contributed by atoms with E-state index in [4.69, 9.17) is 5.73 Å². The number of rotatable bonds is 4. The van der Waals surface area contributed by atoms with Crippen molar-refractivity contribution >= 4 is 11.7 Å². The Kier molecular flexibility index (Phi) is 4.47. The molecule has 0 fully saturated rings. The predicted molar refractivity (Wildman–Crippen MR) is 74.4 cm³/mol. The molecular formula is C14H16N4O. The fourth-order valence-corrected chi connectivity index (χ4v) is 1.57. The number of pyridine rings is 1. The number of nitrogens with one attached hydrogen (secondary N) is 2. The normalized spacial score (nSPS) is 9.95. The third-order valence-corrected chi connectivity index (χ3v) is 2.60. The Morgan fingerprint density at radius 1 is 1.16 bits per heavy atom. The standard InChI is InChI=1S/C14H16N4O/c15-9-11-4-6-12(7-5-11)18-14(19)17-10-13-3-1-2-8-16-13/h1-8H,9-10,15H2,(H2,17,18,19). The van der Waals surface area contributed by atoms with Gasteiger partial charge in [0.15, 0.2) is 0 Å². The maximum absolute atomic E-state index is 11.7. The third-order valence-electron chi connectivity index (χ3n) is 2.60. The molecule has 0 aliphatic heterocycles. The van der Waals surface area contributed by atoms with E-state index in [1.807, 2.05) is 42.5 Å². The molecule has 1 aromatic heterocycles. The Morgan fingerprint density at radius 3 is 2.58 bits per heavy atom. The molecule has 0 saturated carbocycles. The van der Waals surface area contributed by atoms with E-state index < -0.39 is 0 Å². The highest BCUT2D eigenvalue weighted by atomic mass is 16.2. The van der Waals surface area contributed by atoms with Gasteiger partial charge in [-0.05, 0) is 29.8 Å². The quantitative estimate of drug-likeness (QED) is 0.781. The Bertz CT molecular complexity index is 525. The molecule has 0 spiro atoms. The Hall–Kier alpha value is -2.40. The predicted octanol–water partition coefficient (Wildman–Crippen LogP) is 1.86. The summed E-state index contributed by atoms with van der Waals surface area (Å²) in [6.45, 7) is 0.889. The fraction of sp³-hybridized carbons (Fsp3) is 0.143. The van der Waals surface area contributed by atoms with Crippen LogP contribution in [0.2, 0.25) is 0 Å². The second kappa shape index (κ2) is 6.51. The molecule has 0 aliphatic rings. The second-order valence-corrected chi connectivity index (χ2v) is 4.03. The maximum atomic E-state index is 11.7. The van der Waals surface area contributed by atoms with Gasteiger partial charge in [0.2, 0.25) is 0 Å². The number of carbonyl (C=O) groups excluding carboxylic acids is 1. The molecule has 0 atom stereocenters. The summed E-state index contributed by atoms with van der Waals surface area (Å²) >= 11 is 0. The molecule has 5 heteroatoms.